The van der Waals surface area contributed by atoms with E-state index >= 15 is 0 Å². The molecule has 0 N–H and O–H groups in total. The standard InChI is InChI=1S/C18H32/c1-15(2)11-14-12-16(3)9-10-17(14,4)7-6-8-18(15,5)13-16/h14H,6-13H2,1-5H3. The molecule has 3 rings (SSSR count). The van der Waals surface area contributed by atoms with Crippen molar-refractivity contribution in [2.24, 2.45) is 27.6 Å². The molecule has 0 aliphatic heterocycles. The normalized spacial score (nSPS) is 54.8. The van der Waals surface area contributed by atoms with Gasteiger partial charge in [0.1, 0.15) is 0 Å². The second-order valence-electron chi connectivity index (χ2n) is 9.54. The SMILES string of the molecule is CC12CCC3(C)CCCC(C)(C1)C(C)(C)CC3C2. The van der Waals surface area contributed by atoms with Gasteiger partial charge in [0.15, 0.2) is 0 Å². The first-order valence-electron chi connectivity index (χ1n) is 8.18. The van der Waals surface area contributed by atoms with Gasteiger partial charge in [0.25, 0.3) is 0 Å². The fourth-order valence-corrected chi connectivity index (χ4v) is 5.90. The van der Waals surface area contributed by atoms with Crippen molar-refractivity contribution in [3.8, 4) is 0 Å². The van der Waals surface area contributed by atoms with Crippen molar-refractivity contribution in [1.29, 1.82) is 0 Å². The van der Waals surface area contributed by atoms with Crippen LogP contribution < -0.4 is 0 Å². The minimum atomic E-state index is 0.543. The summed E-state index contributed by atoms with van der Waals surface area (Å²) >= 11 is 0. The summed E-state index contributed by atoms with van der Waals surface area (Å²) in [6.07, 6.45) is 11.9. The Kier molecular flexibility index (Phi) is 2.57. The zero-order valence-corrected chi connectivity index (χ0v) is 13.2. The van der Waals surface area contributed by atoms with E-state index in [-0.39, 0.29) is 0 Å². The van der Waals surface area contributed by atoms with Gasteiger partial charge in [0.05, 0.1) is 0 Å². The molecule has 3 bridgehead atoms. The van der Waals surface area contributed by atoms with Crippen LogP contribution >= 0.6 is 0 Å². The van der Waals surface area contributed by atoms with Crippen molar-refractivity contribution in [3.05, 3.63) is 0 Å². The molecule has 0 heterocycles. The van der Waals surface area contributed by atoms with Crippen LogP contribution in [0.4, 0.5) is 0 Å². The fraction of sp³-hybridized carbons (Fsp3) is 1.00. The second-order valence-corrected chi connectivity index (χ2v) is 9.54. The van der Waals surface area contributed by atoms with E-state index < -0.39 is 0 Å². The number of hydrogen-bond acceptors (Lipinski definition) is 0. The third-order valence-corrected chi connectivity index (χ3v) is 7.71. The quantitative estimate of drug-likeness (QED) is 0.507. The number of fused-ring (bicyclic) bond motifs is 3. The Hall–Kier alpha value is 0. The fourth-order valence-electron chi connectivity index (χ4n) is 5.90. The summed E-state index contributed by atoms with van der Waals surface area (Å²) in [6.45, 7) is 13.0. The largest absolute Gasteiger partial charge is 0.0596 e. The molecule has 0 aromatic rings. The molecular weight excluding hydrogens is 216 g/mol. The van der Waals surface area contributed by atoms with E-state index in [1.165, 1.54) is 51.4 Å². The molecule has 3 aliphatic carbocycles. The van der Waals surface area contributed by atoms with Crippen molar-refractivity contribution in [1.82, 2.24) is 0 Å². The van der Waals surface area contributed by atoms with Crippen LogP contribution in [0.2, 0.25) is 0 Å². The molecule has 0 nitrogen and oxygen atoms in total. The van der Waals surface area contributed by atoms with Crippen molar-refractivity contribution >= 4 is 0 Å². The van der Waals surface area contributed by atoms with E-state index in [1.807, 2.05) is 0 Å². The molecule has 4 atom stereocenters. The minimum Gasteiger partial charge on any atom is -0.0596 e. The van der Waals surface area contributed by atoms with Gasteiger partial charge in [-0.1, -0.05) is 41.0 Å². The summed E-state index contributed by atoms with van der Waals surface area (Å²) < 4.78 is 0. The predicted molar refractivity (Wildman–Crippen MR) is 78.5 cm³/mol. The maximum atomic E-state index is 2.61. The van der Waals surface area contributed by atoms with Crippen LogP contribution in [0.25, 0.3) is 0 Å². The van der Waals surface area contributed by atoms with Crippen molar-refractivity contribution in [2.75, 3.05) is 0 Å². The summed E-state index contributed by atoms with van der Waals surface area (Å²) in [5.74, 6) is 0.994. The molecule has 0 spiro atoms. The Morgan fingerprint density at radius 1 is 0.778 bits per heavy atom. The van der Waals surface area contributed by atoms with E-state index in [0.717, 1.165) is 5.92 Å². The lowest BCUT2D eigenvalue weighted by atomic mass is 9.55. The molecule has 0 amide bonds. The molecule has 18 heavy (non-hydrogen) atoms. The average molecular weight is 248 g/mol. The number of hydrogen-bond donors (Lipinski definition) is 0. The Morgan fingerprint density at radius 3 is 2.22 bits per heavy atom. The molecule has 4 unspecified atom stereocenters. The molecule has 3 aliphatic rings. The highest BCUT2D eigenvalue weighted by Gasteiger charge is 2.56. The Morgan fingerprint density at radius 2 is 1.50 bits per heavy atom. The zero-order chi connectivity index (χ0) is 13.2. The molecule has 0 aromatic heterocycles. The molecular formula is C18H32. The molecule has 0 radical (unpaired) electrons. The lowest BCUT2D eigenvalue weighted by molar-refractivity contribution is 0.00295. The monoisotopic (exact) mass is 248 g/mol. The van der Waals surface area contributed by atoms with Gasteiger partial charge in [0.2, 0.25) is 0 Å². The van der Waals surface area contributed by atoms with Crippen LogP contribution in [-0.4, -0.2) is 0 Å². The van der Waals surface area contributed by atoms with Gasteiger partial charge in [-0.15, -0.1) is 0 Å². The third kappa shape index (κ3) is 1.70. The van der Waals surface area contributed by atoms with Gasteiger partial charge in [0, 0.05) is 0 Å². The summed E-state index contributed by atoms with van der Waals surface area (Å²) in [6, 6.07) is 0. The summed E-state index contributed by atoms with van der Waals surface area (Å²) in [5, 5.41) is 0. The Labute approximate surface area is 114 Å². The summed E-state index contributed by atoms with van der Waals surface area (Å²) in [4.78, 5) is 0. The first-order chi connectivity index (χ1) is 8.18. The van der Waals surface area contributed by atoms with E-state index in [9.17, 15) is 0 Å². The predicted octanol–water partition coefficient (Wildman–Crippen LogP) is 5.81. The van der Waals surface area contributed by atoms with Gasteiger partial charge in [-0.25, -0.2) is 0 Å². The van der Waals surface area contributed by atoms with Crippen molar-refractivity contribution < 1.29 is 0 Å². The summed E-state index contributed by atoms with van der Waals surface area (Å²) in [5.41, 5.74) is 2.45. The minimum absolute atomic E-state index is 0.543. The number of rotatable bonds is 0. The second kappa shape index (κ2) is 3.55. The first kappa shape index (κ1) is 13.0. The molecule has 3 saturated carbocycles. The zero-order valence-electron chi connectivity index (χ0n) is 13.2. The third-order valence-electron chi connectivity index (χ3n) is 7.71. The van der Waals surface area contributed by atoms with Crippen LogP contribution in [0.3, 0.4) is 0 Å². The van der Waals surface area contributed by atoms with Crippen LogP contribution in [0.15, 0.2) is 0 Å². The molecule has 0 heteroatoms. The van der Waals surface area contributed by atoms with E-state index in [4.69, 9.17) is 0 Å². The van der Waals surface area contributed by atoms with Gasteiger partial charge < -0.3 is 0 Å². The van der Waals surface area contributed by atoms with E-state index in [2.05, 4.69) is 34.6 Å². The maximum Gasteiger partial charge on any atom is -0.0269 e. The molecule has 0 saturated heterocycles. The van der Waals surface area contributed by atoms with Gasteiger partial charge in [-0.05, 0) is 72.5 Å². The van der Waals surface area contributed by atoms with Gasteiger partial charge in [-0.2, -0.15) is 0 Å². The molecule has 104 valence electrons. The van der Waals surface area contributed by atoms with Gasteiger partial charge in [-0.3, -0.25) is 0 Å². The van der Waals surface area contributed by atoms with Crippen molar-refractivity contribution in [3.63, 3.8) is 0 Å². The smallest absolute Gasteiger partial charge is 0.0269 e. The van der Waals surface area contributed by atoms with Crippen LogP contribution in [0.1, 0.15) is 86.0 Å². The van der Waals surface area contributed by atoms with E-state index in [1.54, 1.807) is 0 Å². The lowest BCUT2D eigenvalue weighted by Gasteiger charge is -2.50. The summed E-state index contributed by atoms with van der Waals surface area (Å²) in [7, 11) is 0. The highest BCUT2D eigenvalue weighted by Crippen LogP contribution is 2.67. The first-order valence-corrected chi connectivity index (χ1v) is 8.18. The topological polar surface area (TPSA) is 0 Å². The van der Waals surface area contributed by atoms with E-state index in [0.29, 0.717) is 21.7 Å². The lowest BCUT2D eigenvalue weighted by Crippen LogP contribution is -2.40. The highest BCUT2D eigenvalue weighted by atomic mass is 14.6. The Bertz CT molecular complexity index is 355. The Balaban J connectivity index is 2.10. The van der Waals surface area contributed by atoms with Crippen LogP contribution in [-0.2, 0) is 0 Å². The van der Waals surface area contributed by atoms with Crippen LogP contribution in [0, 0.1) is 27.6 Å². The maximum absolute atomic E-state index is 2.61. The van der Waals surface area contributed by atoms with Crippen molar-refractivity contribution in [2.45, 2.75) is 86.0 Å². The van der Waals surface area contributed by atoms with Crippen LogP contribution in [0.5, 0.6) is 0 Å². The molecule has 3 fully saturated rings. The van der Waals surface area contributed by atoms with Gasteiger partial charge >= 0.3 is 0 Å². The average Bonchev–Trinajstić information content (AvgIpc) is 2.26. The molecule has 0 aromatic carbocycles. The highest BCUT2D eigenvalue weighted by molar-refractivity contribution is 5.07.